The Morgan fingerprint density at radius 3 is 2.37 bits per heavy atom. The lowest BCUT2D eigenvalue weighted by molar-refractivity contribution is 0.0631. The first-order chi connectivity index (χ1) is 17.0. The number of carbonyl (C=O) groups excluding carboxylic acids is 4. The van der Waals surface area contributed by atoms with E-state index in [2.05, 4.69) is 10.6 Å². The third-order valence-corrected chi connectivity index (χ3v) is 6.27. The standard InChI is InChI=1S/C26H24N4O5/c31-23(27-19-10-12-29(13-11-19)26(34)28-18-5-2-1-3-6-18)17-8-9-21-22(15-17)25(33)30(24(21)32)16-20-7-4-14-35-20/h1-9,14-15,19H,10-13,16H2,(H,27,31)(H,28,34). The molecule has 0 aliphatic carbocycles. The topological polar surface area (TPSA) is 112 Å². The Morgan fingerprint density at radius 2 is 1.66 bits per heavy atom. The van der Waals surface area contributed by atoms with Crippen LogP contribution in [0.5, 0.6) is 0 Å². The summed E-state index contributed by atoms with van der Waals surface area (Å²) >= 11 is 0. The van der Waals surface area contributed by atoms with Gasteiger partial charge >= 0.3 is 6.03 Å². The molecule has 9 nitrogen and oxygen atoms in total. The zero-order chi connectivity index (χ0) is 24.4. The highest BCUT2D eigenvalue weighted by Crippen LogP contribution is 2.26. The van der Waals surface area contributed by atoms with Gasteiger partial charge in [0.15, 0.2) is 0 Å². The van der Waals surface area contributed by atoms with E-state index < -0.39 is 11.8 Å². The van der Waals surface area contributed by atoms with Gasteiger partial charge in [0.1, 0.15) is 5.76 Å². The minimum atomic E-state index is -0.450. The Morgan fingerprint density at radius 1 is 0.914 bits per heavy atom. The molecule has 5 amide bonds. The van der Waals surface area contributed by atoms with Gasteiger partial charge in [-0.1, -0.05) is 18.2 Å². The van der Waals surface area contributed by atoms with Crippen molar-refractivity contribution in [2.75, 3.05) is 18.4 Å². The van der Waals surface area contributed by atoms with Crippen LogP contribution in [0.1, 0.15) is 49.7 Å². The zero-order valence-electron chi connectivity index (χ0n) is 18.9. The van der Waals surface area contributed by atoms with Crippen molar-refractivity contribution >= 4 is 29.4 Å². The number of likely N-dealkylation sites (tertiary alicyclic amines) is 1. The molecule has 35 heavy (non-hydrogen) atoms. The molecule has 178 valence electrons. The van der Waals surface area contributed by atoms with Gasteiger partial charge in [-0.05, 0) is 55.3 Å². The molecule has 2 N–H and O–H groups in total. The number of piperidine rings is 1. The summed E-state index contributed by atoms with van der Waals surface area (Å²) in [7, 11) is 0. The van der Waals surface area contributed by atoms with E-state index in [0.29, 0.717) is 37.3 Å². The van der Waals surface area contributed by atoms with E-state index in [1.165, 1.54) is 18.4 Å². The van der Waals surface area contributed by atoms with Gasteiger partial charge in [-0.25, -0.2) is 4.79 Å². The lowest BCUT2D eigenvalue weighted by atomic mass is 10.0. The average molecular weight is 473 g/mol. The summed E-state index contributed by atoms with van der Waals surface area (Å²) in [5.41, 5.74) is 1.53. The second-order valence-electron chi connectivity index (χ2n) is 8.57. The van der Waals surface area contributed by atoms with Gasteiger partial charge in [0.25, 0.3) is 17.7 Å². The van der Waals surface area contributed by atoms with Crippen LogP contribution >= 0.6 is 0 Å². The fraction of sp³-hybridized carbons (Fsp3) is 0.231. The number of nitrogens with one attached hydrogen (secondary N) is 2. The van der Waals surface area contributed by atoms with E-state index in [-0.39, 0.29) is 35.7 Å². The van der Waals surface area contributed by atoms with Gasteiger partial charge in [0.2, 0.25) is 0 Å². The van der Waals surface area contributed by atoms with Gasteiger partial charge in [-0.2, -0.15) is 0 Å². The minimum absolute atomic E-state index is 0.0390. The first kappa shape index (κ1) is 22.4. The molecule has 1 fully saturated rings. The van der Waals surface area contributed by atoms with Crippen LogP contribution in [-0.4, -0.2) is 52.7 Å². The third-order valence-electron chi connectivity index (χ3n) is 6.27. The van der Waals surface area contributed by atoms with Crippen molar-refractivity contribution in [3.05, 3.63) is 89.4 Å². The molecule has 9 heteroatoms. The van der Waals surface area contributed by atoms with Crippen LogP contribution < -0.4 is 10.6 Å². The molecule has 0 radical (unpaired) electrons. The Bertz CT molecular complexity index is 1260. The number of carbonyl (C=O) groups is 4. The molecule has 0 bridgehead atoms. The molecule has 2 aliphatic heterocycles. The maximum Gasteiger partial charge on any atom is 0.321 e. The van der Waals surface area contributed by atoms with Crippen molar-refractivity contribution < 1.29 is 23.6 Å². The highest BCUT2D eigenvalue weighted by atomic mass is 16.3. The van der Waals surface area contributed by atoms with Crippen molar-refractivity contribution in [2.24, 2.45) is 0 Å². The Kier molecular flexibility index (Phi) is 6.05. The van der Waals surface area contributed by atoms with Crippen molar-refractivity contribution in [3.8, 4) is 0 Å². The SMILES string of the molecule is O=C(NC1CCN(C(=O)Nc2ccccc2)CC1)c1ccc2c(c1)C(=O)N(Cc1ccco1)C2=O. The normalized spacial score (nSPS) is 15.8. The number of furan rings is 1. The Labute approximate surface area is 201 Å². The molecule has 5 rings (SSSR count). The molecule has 2 aromatic carbocycles. The molecule has 0 unspecified atom stereocenters. The van der Waals surface area contributed by atoms with Crippen molar-refractivity contribution in [1.82, 2.24) is 15.1 Å². The molecule has 1 saturated heterocycles. The first-order valence-electron chi connectivity index (χ1n) is 11.4. The smallest absolute Gasteiger partial charge is 0.321 e. The highest BCUT2D eigenvalue weighted by Gasteiger charge is 2.36. The van der Waals surface area contributed by atoms with Crippen LogP contribution in [0.4, 0.5) is 10.5 Å². The fourth-order valence-electron chi connectivity index (χ4n) is 4.35. The van der Waals surface area contributed by atoms with E-state index >= 15 is 0 Å². The number of anilines is 1. The van der Waals surface area contributed by atoms with E-state index in [1.54, 1.807) is 23.1 Å². The van der Waals surface area contributed by atoms with Gasteiger partial charge < -0.3 is 20.0 Å². The van der Waals surface area contributed by atoms with Gasteiger partial charge in [0.05, 0.1) is 23.9 Å². The van der Waals surface area contributed by atoms with Crippen LogP contribution in [0.15, 0.2) is 71.3 Å². The predicted octanol–water partition coefficient (Wildman–Crippen LogP) is 3.50. The van der Waals surface area contributed by atoms with Crippen LogP contribution in [0.2, 0.25) is 0 Å². The quantitative estimate of drug-likeness (QED) is 0.552. The maximum absolute atomic E-state index is 12.9. The lowest BCUT2D eigenvalue weighted by Gasteiger charge is -2.32. The number of rotatable bonds is 5. The number of hydrogen-bond acceptors (Lipinski definition) is 5. The molecule has 0 atom stereocenters. The summed E-state index contributed by atoms with van der Waals surface area (Å²) < 4.78 is 5.25. The Hall–Kier alpha value is -4.40. The average Bonchev–Trinajstić information content (AvgIpc) is 3.48. The molecule has 2 aliphatic rings. The van der Waals surface area contributed by atoms with Crippen molar-refractivity contribution in [1.29, 1.82) is 0 Å². The van der Waals surface area contributed by atoms with E-state index in [9.17, 15) is 19.2 Å². The third kappa shape index (κ3) is 4.65. The summed E-state index contributed by atoms with van der Waals surface area (Å²) in [6.45, 7) is 1.07. The number of amides is 5. The lowest BCUT2D eigenvalue weighted by Crippen LogP contribution is -2.47. The molecule has 0 saturated carbocycles. The number of hydrogen-bond donors (Lipinski definition) is 2. The van der Waals surface area contributed by atoms with Gasteiger partial charge in [-0.3, -0.25) is 19.3 Å². The van der Waals surface area contributed by atoms with Crippen LogP contribution in [0.25, 0.3) is 0 Å². The molecular weight excluding hydrogens is 448 g/mol. The molecular formula is C26H24N4O5. The number of nitrogens with zero attached hydrogens (tertiary/aromatic N) is 2. The fourth-order valence-corrected chi connectivity index (χ4v) is 4.35. The number of para-hydroxylation sites is 1. The Balaban J connectivity index is 1.17. The first-order valence-corrected chi connectivity index (χ1v) is 11.4. The van der Waals surface area contributed by atoms with E-state index in [0.717, 1.165) is 10.6 Å². The molecule has 3 aromatic rings. The van der Waals surface area contributed by atoms with Gasteiger partial charge in [0, 0.05) is 30.4 Å². The summed E-state index contributed by atoms with van der Waals surface area (Å²) in [6.07, 6.45) is 2.72. The molecule has 0 spiro atoms. The number of urea groups is 1. The van der Waals surface area contributed by atoms with E-state index in [4.69, 9.17) is 4.42 Å². The second-order valence-corrected chi connectivity index (χ2v) is 8.57. The van der Waals surface area contributed by atoms with Crippen LogP contribution in [0, 0.1) is 0 Å². The number of benzene rings is 2. The maximum atomic E-state index is 12.9. The highest BCUT2D eigenvalue weighted by molar-refractivity contribution is 6.22. The zero-order valence-corrected chi connectivity index (χ0v) is 18.9. The number of fused-ring (bicyclic) bond motifs is 1. The number of imide groups is 1. The largest absolute Gasteiger partial charge is 0.467 e. The summed E-state index contributed by atoms with van der Waals surface area (Å²) in [4.78, 5) is 53.6. The van der Waals surface area contributed by atoms with Gasteiger partial charge in [-0.15, -0.1) is 0 Å². The van der Waals surface area contributed by atoms with Crippen molar-refractivity contribution in [2.45, 2.75) is 25.4 Å². The van der Waals surface area contributed by atoms with E-state index in [1.807, 2.05) is 30.3 Å². The second kappa shape index (κ2) is 9.46. The monoisotopic (exact) mass is 472 g/mol. The van der Waals surface area contributed by atoms with Crippen LogP contribution in [-0.2, 0) is 6.54 Å². The molecule has 3 heterocycles. The van der Waals surface area contributed by atoms with Crippen molar-refractivity contribution in [3.63, 3.8) is 0 Å². The predicted molar refractivity (Wildman–Crippen MR) is 127 cm³/mol. The summed E-state index contributed by atoms with van der Waals surface area (Å²) in [5, 5.41) is 5.86. The summed E-state index contributed by atoms with van der Waals surface area (Å²) in [6, 6.07) is 16.9. The molecule has 1 aromatic heterocycles. The van der Waals surface area contributed by atoms with Crippen LogP contribution in [0.3, 0.4) is 0 Å². The summed E-state index contributed by atoms with van der Waals surface area (Å²) in [5.74, 6) is -0.672. The minimum Gasteiger partial charge on any atom is -0.467 e.